The maximum Gasteiger partial charge on any atom is 0.227 e. The van der Waals surface area contributed by atoms with Crippen molar-refractivity contribution in [2.24, 2.45) is 0 Å². The third-order valence-electron chi connectivity index (χ3n) is 6.32. The SMILES string of the molecule is N#CCCN(C(=O)CCC(=O)NCCCCN1CCN(Cc2ccccc2)CC1)c1ccccc1. The Morgan fingerprint density at radius 2 is 1.54 bits per heavy atom. The van der Waals surface area contributed by atoms with Crippen molar-refractivity contribution in [1.82, 2.24) is 15.1 Å². The van der Waals surface area contributed by atoms with Gasteiger partial charge in [-0.25, -0.2) is 0 Å². The Morgan fingerprint density at radius 3 is 2.23 bits per heavy atom. The van der Waals surface area contributed by atoms with Crippen molar-refractivity contribution in [3.05, 3.63) is 66.2 Å². The summed E-state index contributed by atoms with van der Waals surface area (Å²) in [4.78, 5) is 31.5. The minimum Gasteiger partial charge on any atom is -0.356 e. The predicted octanol–water partition coefficient (Wildman–Crippen LogP) is 3.43. The highest BCUT2D eigenvalue weighted by Crippen LogP contribution is 2.15. The minimum atomic E-state index is -0.131. The van der Waals surface area contributed by atoms with Gasteiger partial charge in [0.15, 0.2) is 0 Å². The average molecular weight is 476 g/mol. The lowest BCUT2D eigenvalue weighted by Crippen LogP contribution is -2.46. The first kappa shape index (κ1) is 26.4. The van der Waals surface area contributed by atoms with Crippen LogP contribution in [0.2, 0.25) is 0 Å². The van der Waals surface area contributed by atoms with E-state index in [2.05, 4.69) is 51.5 Å². The van der Waals surface area contributed by atoms with E-state index in [9.17, 15) is 9.59 Å². The van der Waals surface area contributed by atoms with Crippen LogP contribution in [-0.4, -0.2) is 67.4 Å². The summed E-state index contributed by atoms with van der Waals surface area (Å²) in [6, 6.07) is 22.0. The van der Waals surface area contributed by atoms with E-state index in [0.29, 0.717) is 13.1 Å². The number of unbranched alkanes of at least 4 members (excludes halogenated alkanes) is 1. The Bertz CT molecular complexity index is 937. The van der Waals surface area contributed by atoms with Gasteiger partial charge in [-0.1, -0.05) is 48.5 Å². The van der Waals surface area contributed by atoms with E-state index < -0.39 is 0 Å². The number of anilines is 1. The Hall–Kier alpha value is -3.21. The quantitative estimate of drug-likeness (QED) is 0.449. The highest BCUT2D eigenvalue weighted by atomic mass is 16.2. The van der Waals surface area contributed by atoms with Gasteiger partial charge in [0.1, 0.15) is 0 Å². The highest BCUT2D eigenvalue weighted by Gasteiger charge is 2.18. The molecule has 2 aromatic rings. The fraction of sp³-hybridized carbons (Fsp3) is 0.464. The topological polar surface area (TPSA) is 79.7 Å². The van der Waals surface area contributed by atoms with Crippen LogP contribution in [0.15, 0.2) is 60.7 Å². The molecule has 0 aliphatic carbocycles. The Kier molecular flexibility index (Phi) is 11.3. The number of hydrogen-bond donors (Lipinski definition) is 1. The van der Waals surface area contributed by atoms with Crippen LogP contribution in [0.3, 0.4) is 0 Å². The standard InChI is InChI=1S/C28H37N5O2/c29-16-9-19-33(26-12-5-2-6-13-26)28(35)15-14-27(34)30-17-7-8-18-31-20-22-32(23-21-31)24-25-10-3-1-4-11-25/h1-6,10-13H,7-9,14-15,17-24H2,(H,30,34). The summed E-state index contributed by atoms with van der Waals surface area (Å²) in [5.41, 5.74) is 2.13. The molecule has 0 radical (unpaired) electrons. The van der Waals surface area contributed by atoms with Crippen LogP contribution < -0.4 is 10.2 Å². The van der Waals surface area contributed by atoms with Crippen LogP contribution in [0.5, 0.6) is 0 Å². The monoisotopic (exact) mass is 475 g/mol. The van der Waals surface area contributed by atoms with Crippen LogP contribution >= 0.6 is 0 Å². The Labute approximate surface area is 209 Å². The van der Waals surface area contributed by atoms with E-state index >= 15 is 0 Å². The number of amides is 2. The second-order valence-electron chi connectivity index (χ2n) is 8.95. The van der Waals surface area contributed by atoms with Crippen LogP contribution in [-0.2, 0) is 16.1 Å². The number of rotatable bonds is 13. The summed E-state index contributed by atoms with van der Waals surface area (Å²) in [7, 11) is 0. The molecule has 1 fully saturated rings. The molecule has 0 spiro atoms. The second-order valence-corrected chi connectivity index (χ2v) is 8.95. The molecule has 2 aromatic carbocycles. The van der Waals surface area contributed by atoms with Crippen molar-refractivity contribution in [1.29, 1.82) is 5.26 Å². The molecule has 3 rings (SSSR count). The number of benzene rings is 2. The molecule has 1 N–H and O–H groups in total. The fourth-order valence-corrected chi connectivity index (χ4v) is 4.31. The van der Waals surface area contributed by atoms with E-state index in [-0.39, 0.29) is 31.1 Å². The molecule has 7 nitrogen and oxygen atoms in total. The van der Waals surface area contributed by atoms with Gasteiger partial charge in [-0.3, -0.25) is 14.5 Å². The first-order chi connectivity index (χ1) is 17.2. The number of carbonyl (C=O) groups is 2. The fourth-order valence-electron chi connectivity index (χ4n) is 4.31. The Morgan fingerprint density at radius 1 is 0.886 bits per heavy atom. The molecule has 0 saturated carbocycles. The van der Waals surface area contributed by atoms with E-state index in [0.717, 1.165) is 57.8 Å². The molecule has 2 amide bonds. The van der Waals surface area contributed by atoms with Gasteiger partial charge in [-0.15, -0.1) is 0 Å². The van der Waals surface area contributed by atoms with Gasteiger partial charge in [0.05, 0.1) is 12.5 Å². The largest absolute Gasteiger partial charge is 0.356 e. The normalized spacial score (nSPS) is 14.3. The highest BCUT2D eigenvalue weighted by molar-refractivity contribution is 5.95. The molecule has 0 bridgehead atoms. The molecule has 0 atom stereocenters. The van der Waals surface area contributed by atoms with Gasteiger partial charge in [-0.2, -0.15) is 5.26 Å². The zero-order valence-electron chi connectivity index (χ0n) is 20.6. The van der Waals surface area contributed by atoms with Crippen molar-refractivity contribution < 1.29 is 9.59 Å². The molecule has 1 saturated heterocycles. The molecule has 0 unspecified atom stereocenters. The first-order valence-electron chi connectivity index (χ1n) is 12.6. The summed E-state index contributed by atoms with van der Waals surface area (Å²) < 4.78 is 0. The number of para-hydroxylation sites is 1. The number of nitrogens with zero attached hydrogens (tertiary/aromatic N) is 4. The van der Waals surface area contributed by atoms with E-state index in [1.165, 1.54) is 5.56 Å². The van der Waals surface area contributed by atoms with E-state index in [4.69, 9.17) is 5.26 Å². The maximum atomic E-state index is 12.7. The van der Waals surface area contributed by atoms with Crippen LogP contribution in [0.4, 0.5) is 5.69 Å². The van der Waals surface area contributed by atoms with Gasteiger partial charge in [0.2, 0.25) is 11.8 Å². The van der Waals surface area contributed by atoms with Gasteiger partial charge in [0, 0.05) is 64.3 Å². The van der Waals surface area contributed by atoms with Crippen LogP contribution in [0.25, 0.3) is 0 Å². The lowest BCUT2D eigenvalue weighted by atomic mass is 10.2. The third-order valence-corrected chi connectivity index (χ3v) is 6.32. The number of hydrogen-bond acceptors (Lipinski definition) is 5. The third kappa shape index (κ3) is 9.51. The van der Waals surface area contributed by atoms with Crippen LogP contribution in [0, 0.1) is 11.3 Å². The predicted molar refractivity (Wildman–Crippen MR) is 139 cm³/mol. The summed E-state index contributed by atoms with van der Waals surface area (Å²) in [6.45, 7) is 7.40. The summed E-state index contributed by atoms with van der Waals surface area (Å²) in [5, 5.41) is 11.8. The Balaban J connectivity index is 1.25. The van der Waals surface area contributed by atoms with Crippen molar-refractivity contribution in [3.63, 3.8) is 0 Å². The van der Waals surface area contributed by atoms with Crippen molar-refractivity contribution in [2.75, 3.05) is 50.7 Å². The van der Waals surface area contributed by atoms with Gasteiger partial charge in [-0.05, 0) is 37.1 Å². The number of carbonyl (C=O) groups excluding carboxylic acids is 2. The van der Waals surface area contributed by atoms with Gasteiger partial charge in [0.25, 0.3) is 0 Å². The molecular weight excluding hydrogens is 438 g/mol. The molecular formula is C28H37N5O2. The molecule has 7 heteroatoms. The second kappa shape index (κ2) is 14.9. The zero-order chi connectivity index (χ0) is 24.7. The van der Waals surface area contributed by atoms with Gasteiger partial charge < -0.3 is 15.1 Å². The zero-order valence-corrected chi connectivity index (χ0v) is 20.6. The first-order valence-corrected chi connectivity index (χ1v) is 12.6. The number of nitrogens with one attached hydrogen (secondary N) is 1. The van der Waals surface area contributed by atoms with E-state index in [1.54, 1.807) is 4.90 Å². The maximum absolute atomic E-state index is 12.7. The molecule has 0 aromatic heterocycles. The lowest BCUT2D eigenvalue weighted by Gasteiger charge is -2.34. The molecule has 1 aliphatic heterocycles. The van der Waals surface area contributed by atoms with Crippen molar-refractivity contribution in [3.8, 4) is 6.07 Å². The lowest BCUT2D eigenvalue weighted by molar-refractivity contribution is -0.125. The molecule has 1 heterocycles. The van der Waals surface area contributed by atoms with Crippen LogP contribution in [0.1, 0.15) is 37.7 Å². The number of piperazine rings is 1. The van der Waals surface area contributed by atoms with Gasteiger partial charge >= 0.3 is 0 Å². The molecule has 35 heavy (non-hydrogen) atoms. The minimum absolute atomic E-state index is 0.0961. The van der Waals surface area contributed by atoms with Crippen molar-refractivity contribution >= 4 is 17.5 Å². The van der Waals surface area contributed by atoms with Crippen molar-refractivity contribution in [2.45, 2.75) is 38.6 Å². The summed E-state index contributed by atoms with van der Waals surface area (Å²) in [5.74, 6) is -0.228. The molecule has 186 valence electrons. The number of nitriles is 1. The summed E-state index contributed by atoms with van der Waals surface area (Å²) >= 11 is 0. The smallest absolute Gasteiger partial charge is 0.227 e. The summed E-state index contributed by atoms with van der Waals surface area (Å²) in [6.07, 6.45) is 2.54. The van der Waals surface area contributed by atoms with E-state index in [1.807, 2.05) is 30.3 Å². The molecule has 1 aliphatic rings. The average Bonchev–Trinajstić information content (AvgIpc) is 2.89.